The topological polar surface area (TPSA) is 12.4 Å². The van der Waals surface area contributed by atoms with Crippen molar-refractivity contribution in [3.63, 3.8) is 0 Å². The van der Waals surface area contributed by atoms with Crippen molar-refractivity contribution in [1.29, 1.82) is 0 Å². The standard InChI is InChI=1S/C12H21N/c1-6-9-13-11(5)12(8-3)10(4)7-2/h6,9-10H,1,7-8H2,2-5H3/b12-11-,13-9?. The number of nitrogens with zero attached hydrogens (tertiary/aromatic N) is 1. The van der Waals surface area contributed by atoms with Gasteiger partial charge in [0, 0.05) is 11.9 Å². The average Bonchev–Trinajstić information content (AvgIpc) is 2.15. The zero-order valence-corrected chi connectivity index (χ0v) is 9.30. The summed E-state index contributed by atoms with van der Waals surface area (Å²) < 4.78 is 0. The van der Waals surface area contributed by atoms with Gasteiger partial charge in [0.25, 0.3) is 0 Å². The molecule has 1 atom stereocenters. The number of allylic oxidation sites excluding steroid dienone is 3. The number of aliphatic imine (C=N–C) groups is 1. The Morgan fingerprint density at radius 1 is 1.46 bits per heavy atom. The van der Waals surface area contributed by atoms with E-state index in [1.165, 1.54) is 12.0 Å². The monoisotopic (exact) mass is 179 g/mol. The summed E-state index contributed by atoms with van der Waals surface area (Å²) in [5, 5.41) is 0. The van der Waals surface area contributed by atoms with Gasteiger partial charge in [-0.25, -0.2) is 0 Å². The fraction of sp³-hybridized carbons (Fsp3) is 0.583. The van der Waals surface area contributed by atoms with Gasteiger partial charge in [-0.15, -0.1) is 0 Å². The molecule has 0 aliphatic heterocycles. The van der Waals surface area contributed by atoms with Crippen molar-refractivity contribution in [2.24, 2.45) is 10.9 Å². The fourth-order valence-corrected chi connectivity index (χ4v) is 1.45. The van der Waals surface area contributed by atoms with Crippen LogP contribution >= 0.6 is 0 Å². The van der Waals surface area contributed by atoms with Gasteiger partial charge in [-0.05, 0) is 31.3 Å². The Balaban J connectivity index is 4.66. The van der Waals surface area contributed by atoms with E-state index < -0.39 is 0 Å². The average molecular weight is 179 g/mol. The van der Waals surface area contributed by atoms with E-state index in [1.54, 1.807) is 12.3 Å². The summed E-state index contributed by atoms with van der Waals surface area (Å²) in [6.45, 7) is 12.3. The first-order chi connectivity index (χ1) is 6.17. The van der Waals surface area contributed by atoms with E-state index in [0.717, 1.165) is 12.1 Å². The zero-order chi connectivity index (χ0) is 10.3. The number of rotatable bonds is 5. The normalized spacial score (nSPS) is 15.7. The lowest BCUT2D eigenvalue weighted by Gasteiger charge is -2.13. The van der Waals surface area contributed by atoms with E-state index in [0.29, 0.717) is 5.92 Å². The molecule has 0 N–H and O–H groups in total. The van der Waals surface area contributed by atoms with Crippen molar-refractivity contribution >= 4 is 6.21 Å². The van der Waals surface area contributed by atoms with Crippen LogP contribution in [0.2, 0.25) is 0 Å². The highest BCUT2D eigenvalue weighted by Gasteiger charge is 2.06. The predicted octanol–water partition coefficient (Wildman–Crippen LogP) is 3.97. The van der Waals surface area contributed by atoms with Crippen LogP contribution in [0.3, 0.4) is 0 Å². The van der Waals surface area contributed by atoms with Crippen molar-refractivity contribution in [2.75, 3.05) is 0 Å². The van der Waals surface area contributed by atoms with E-state index in [1.807, 2.05) is 0 Å². The maximum absolute atomic E-state index is 4.32. The third kappa shape index (κ3) is 4.07. The fourth-order valence-electron chi connectivity index (χ4n) is 1.45. The molecule has 0 fully saturated rings. The molecule has 1 heteroatoms. The van der Waals surface area contributed by atoms with Gasteiger partial charge < -0.3 is 0 Å². The van der Waals surface area contributed by atoms with Crippen LogP contribution < -0.4 is 0 Å². The van der Waals surface area contributed by atoms with Crippen molar-refractivity contribution in [1.82, 2.24) is 0 Å². The Morgan fingerprint density at radius 3 is 2.46 bits per heavy atom. The van der Waals surface area contributed by atoms with Crippen LogP contribution in [-0.4, -0.2) is 6.21 Å². The first-order valence-electron chi connectivity index (χ1n) is 5.02. The quantitative estimate of drug-likeness (QED) is 0.566. The molecule has 0 spiro atoms. The first-order valence-corrected chi connectivity index (χ1v) is 5.02. The Morgan fingerprint density at radius 2 is 2.08 bits per heavy atom. The lowest BCUT2D eigenvalue weighted by atomic mass is 9.95. The summed E-state index contributed by atoms with van der Waals surface area (Å²) in [4.78, 5) is 4.32. The Labute approximate surface area is 82.3 Å². The van der Waals surface area contributed by atoms with Crippen LogP contribution in [0.4, 0.5) is 0 Å². The summed E-state index contributed by atoms with van der Waals surface area (Å²) in [6, 6.07) is 0. The molecule has 0 aromatic carbocycles. The maximum atomic E-state index is 4.32. The molecule has 0 rings (SSSR count). The molecule has 0 saturated carbocycles. The molecule has 0 aromatic heterocycles. The highest BCUT2D eigenvalue weighted by Crippen LogP contribution is 2.21. The van der Waals surface area contributed by atoms with Crippen LogP contribution in [0.15, 0.2) is 28.9 Å². The van der Waals surface area contributed by atoms with Crippen molar-refractivity contribution in [2.45, 2.75) is 40.5 Å². The molecule has 74 valence electrons. The molecule has 0 aliphatic rings. The first kappa shape index (κ1) is 12.2. The summed E-state index contributed by atoms with van der Waals surface area (Å²) >= 11 is 0. The van der Waals surface area contributed by atoms with Crippen molar-refractivity contribution in [3.05, 3.63) is 23.9 Å². The highest BCUT2D eigenvalue weighted by molar-refractivity contribution is 5.71. The smallest absolute Gasteiger partial charge is 0.0367 e. The minimum absolute atomic E-state index is 0.645. The summed E-state index contributed by atoms with van der Waals surface area (Å²) in [7, 11) is 0. The van der Waals surface area contributed by atoms with Gasteiger partial charge in [-0.1, -0.05) is 33.4 Å². The predicted molar refractivity (Wildman–Crippen MR) is 61.1 cm³/mol. The molecular formula is C12H21N. The molecule has 0 saturated heterocycles. The van der Waals surface area contributed by atoms with Crippen LogP contribution in [0.5, 0.6) is 0 Å². The van der Waals surface area contributed by atoms with E-state index >= 15 is 0 Å². The molecule has 1 unspecified atom stereocenters. The summed E-state index contributed by atoms with van der Waals surface area (Å²) in [5.41, 5.74) is 2.61. The Kier molecular flexibility index (Phi) is 6.21. The maximum Gasteiger partial charge on any atom is 0.0367 e. The van der Waals surface area contributed by atoms with E-state index in [9.17, 15) is 0 Å². The van der Waals surface area contributed by atoms with Gasteiger partial charge >= 0.3 is 0 Å². The largest absolute Gasteiger partial charge is 0.262 e. The minimum Gasteiger partial charge on any atom is -0.262 e. The second-order valence-electron chi connectivity index (χ2n) is 3.29. The van der Waals surface area contributed by atoms with E-state index in [-0.39, 0.29) is 0 Å². The molecule has 0 amide bonds. The van der Waals surface area contributed by atoms with Gasteiger partial charge in [0.15, 0.2) is 0 Å². The van der Waals surface area contributed by atoms with Crippen LogP contribution in [0.1, 0.15) is 40.5 Å². The molecular weight excluding hydrogens is 158 g/mol. The second kappa shape index (κ2) is 6.64. The molecule has 0 aromatic rings. The van der Waals surface area contributed by atoms with Crippen LogP contribution in [0.25, 0.3) is 0 Å². The third-order valence-electron chi connectivity index (χ3n) is 2.43. The van der Waals surface area contributed by atoms with Crippen molar-refractivity contribution < 1.29 is 0 Å². The number of hydrogen-bond acceptors (Lipinski definition) is 1. The van der Waals surface area contributed by atoms with Gasteiger partial charge in [0.1, 0.15) is 0 Å². The lowest BCUT2D eigenvalue weighted by molar-refractivity contribution is 0.624. The molecule has 13 heavy (non-hydrogen) atoms. The van der Waals surface area contributed by atoms with Gasteiger partial charge in [0.2, 0.25) is 0 Å². The number of hydrogen-bond donors (Lipinski definition) is 0. The van der Waals surface area contributed by atoms with Gasteiger partial charge in [-0.3, -0.25) is 4.99 Å². The van der Waals surface area contributed by atoms with E-state index in [2.05, 4.69) is 39.3 Å². The molecule has 0 bridgehead atoms. The van der Waals surface area contributed by atoms with Gasteiger partial charge in [0.05, 0.1) is 0 Å². The lowest BCUT2D eigenvalue weighted by Crippen LogP contribution is -1.99. The molecule has 0 aliphatic carbocycles. The third-order valence-corrected chi connectivity index (χ3v) is 2.43. The van der Waals surface area contributed by atoms with Gasteiger partial charge in [-0.2, -0.15) is 0 Å². The van der Waals surface area contributed by atoms with Crippen molar-refractivity contribution in [3.8, 4) is 0 Å². The molecule has 0 radical (unpaired) electrons. The summed E-state index contributed by atoms with van der Waals surface area (Å²) in [6.07, 6.45) is 5.75. The minimum atomic E-state index is 0.645. The highest BCUT2D eigenvalue weighted by atomic mass is 14.7. The molecule has 1 nitrogen and oxygen atoms in total. The van der Waals surface area contributed by atoms with Crippen LogP contribution in [-0.2, 0) is 0 Å². The second-order valence-corrected chi connectivity index (χ2v) is 3.29. The Bertz CT molecular complexity index is 211. The van der Waals surface area contributed by atoms with Crippen LogP contribution in [0, 0.1) is 5.92 Å². The zero-order valence-electron chi connectivity index (χ0n) is 9.30. The summed E-state index contributed by atoms with van der Waals surface area (Å²) in [5.74, 6) is 0.645. The molecule has 0 heterocycles. The van der Waals surface area contributed by atoms with E-state index in [4.69, 9.17) is 0 Å². The Hall–Kier alpha value is -0.850. The SMILES string of the molecule is C=CC=N/C(C)=C(/CC)C(C)CC.